The van der Waals surface area contributed by atoms with Gasteiger partial charge in [0, 0.05) is 37.1 Å². The lowest BCUT2D eigenvalue weighted by atomic mass is 10.0. The van der Waals surface area contributed by atoms with Gasteiger partial charge in [-0.25, -0.2) is 0 Å². The Bertz CT molecular complexity index is 426. The molecule has 2 aliphatic rings. The summed E-state index contributed by atoms with van der Waals surface area (Å²) in [5.41, 5.74) is -0.286. The van der Waals surface area contributed by atoms with Crippen molar-refractivity contribution in [3.8, 4) is 0 Å². The van der Waals surface area contributed by atoms with Gasteiger partial charge in [-0.15, -0.1) is 0 Å². The highest BCUT2D eigenvalue weighted by Crippen LogP contribution is 2.40. The summed E-state index contributed by atoms with van der Waals surface area (Å²) in [6, 6.07) is 0.452. The molecule has 5 nitrogen and oxygen atoms in total. The van der Waals surface area contributed by atoms with Gasteiger partial charge in [0.05, 0.1) is 0 Å². The van der Waals surface area contributed by atoms with E-state index in [0.29, 0.717) is 12.6 Å². The second-order valence-corrected chi connectivity index (χ2v) is 6.73. The van der Waals surface area contributed by atoms with Crippen molar-refractivity contribution >= 4 is 11.8 Å². The maximum atomic E-state index is 5.98. The molecule has 20 heavy (non-hydrogen) atoms. The molecule has 1 atom stereocenters. The van der Waals surface area contributed by atoms with Crippen molar-refractivity contribution in [1.82, 2.24) is 15.5 Å². The van der Waals surface area contributed by atoms with Crippen molar-refractivity contribution in [3.05, 3.63) is 11.7 Å². The molecule has 1 aromatic heterocycles. The number of aromatic nitrogens is 2. The molecule has 0 spiro atoms. The smallest absolute Gasteiger partial charge is 0.228 e. The minimum Gasteiger partial charge on any atom is -0.367 e. The van der Waals surface area contributed by atoms with Crippen LogP contribution in [-0.4, -0.2) is 40.8 Å². The molecule has 1 aliphatic heterocycles. The second-order valence-electron chi connectivity index (χ2n) is 5.58. The molecule has 2 fully saturated rings. The van der Waals surface area contributed by atoms with Gasteiger partial charge in [0.2, 0.25) is 11.7 Å². The number of nitrogens with one attached hydrogen (secondary N) is 1. The fourth-order valence-corrected chi connectivity index (χ4v) is 4.09. The van der Waals surface area contributed by atoms with Gasteiger partial charge in [-0.05, 0) is 32.6 Å². The van der Waals surface area contributed by atoms with E-state index in [0.717, 1.165) is 43.3 Å². The summed E-state index contributed by atoms with van der Waals surface area (Å²) in [7, 11) is 0. The fourth-order valence-electron chi connectivity index (χ4n) is 3.14. The Morgan fingerprint density at radius 2 is 2.30 bits per heavy atom. The van der Waals surface area contributed by atoms with Crippen LogP contribution in [0.5, 0.6) is 0 Å². The molecule has 0 bridgehead atoms. The summed E-state index contributed by atoms with van der Waals surface area (Å²) in [4.78, 5) is 4.63. The van der Waals surface area contributed by atoms with Crippen molar-refractivity contribution in [1.29, 1.82) is 0 Å². The largest absolute Gasteiger partial charge is 0.367 e. The first-order valence-electron chi connectivity index (χ1n) is 7.60. The zero-order valence-electron chi connectivity index (χ0n) is 12.1. The third kappa shape index (κ3) is 3.02. The van der Waals surface area contributed by atoms with Gasteiger partial charge in [-0.1, -0.05) is 5.16 Å². The van der Waals surface area contributed by atoms with Gasteiger partial charge in [-0.3, -0.25) is 0 Å². The number of nitrogens with zero attached hydrogens (tertiary/aromatic N) is 2. The summed E-state index contributed by atoms with van der Waals surface area (Å²) in [6.07, 6.45) is 5.21. The van der Waals surface area contributed by atoms with Crippen molar-refractivity contribution < 1.29 is 9.26 Å². The maximum Gasteiger partial charge on any atom is 0.228 e. The van der Waals surface area contributed by atoms with Crippen LogP contribution in [0.4, 0.5) is 0 Å². The van der Waals surface area contributed by atoms with Crippen LogP contribution in [0.2, 0.25) is 0 Å². The van der Waals surface area contributed by atoms with E-state index >= 15 is 0 Å². The molecule has 0 radical (unpaired) electrons. The van der Waals surface area contributed by atoms with Crippen molar-refractivity contribution in [2.24, 2.45) is 0 Å². The van der Waals surface area contributed by atoms with Gasteiger partial charge in [-0.2, -0.15) is 16.7 Å². The monoisotopic (exact) mass is 297 g/mol. The molecule has 1 saturated carbocycles. The van der Waals surface area contributed by atoms with Gasteiger partial charge < -0.3 is 14.6 Å². The molecule has 1 N–H and O–H groups in total. The van der Waals surface area contributed by atoms with E-state index in [1.807, 2.05) is 18.7 Å². The van der Waals surface area contributed by atoms with Crippen LogP contribution >= 0.6 is 11.8 Å². The predicted octanol–water partition coefficient (Wildman–Crippen LogP) is 2.12. The zero-order valence-corrected chi connectivity index (χ0v) is 12.9. The topological polar surface area (TPSA) is 60.2 Å². The lowest BCUT2D eigenvalue weighted by Gasteiger charge is -2.24. The van der Waals surface area contributed by atoms with Crippen LogP contribution < -0.4 is 5.32 Å². The van der Waals surface area contributed by atoms with Crippen LogP contribution in [0, 0.1) is 0 Å². The lowest BCUT2D eigenvalue weighted by Crippen LogP contribution is -2.39. The highest BCUT2D eigenvalue weighted by molar-refractivity contribution is 7.99. The first-order valence-corrected chi connectivity index (χ1v) is 8.76. The van der Waals surface area contributed by atoms with Gasteiger partial charge in [0.25, 0.3) is 0 Å². The van der Waals surface area contributed by atoms with Crippen LogP contribution in [0.15, 0.2) is 4.52 Å². The minimum absolute atomic E-state index is 0.286. The summed E-state index contributed by atoms with van der Waals surface area (Å²) >= 11 is 1.98. The normalized spacial score (nSPS) is 25.9. The number of rotatable bonds is 5. The van der Waals surface area contributed by atoms with Crippen LogP contribution in [-0.2, 0) is 16.8 Å². The number of hydrogen-bond acceptors (Lipinski definition) is 6. The molecule has 1 unspecified atom stereocenters. The number of hydrogen-bond donors (Lipinski definition) is 1. The van der Waals surface area contributed by atoms with Gasteiger partial charge in [0.15, 0.2) is 0 Å². The van der Waals surface area contributed by atoms with E-state index < -0.39 is 0 Å². The number of ether oxygens (including phenoxy) is 1. The SMILES string of the molecule is CCOC1(c2noc(CC3CSCCN3)n2)CCCC1. The van der Waals surface area contributed by atoms with Crippen LogP contribution in [0.1, 0.15) is 44.3 Å². The average molecular weight is 297 g/mol. The molecular weight excluding hydrogens is 274 g/mol. The van der Waals surface area contributed by atoms with Crippen molar-refractivity contribution in [2.75, 3.05) is 24.7 Å². The average Bonchev–Trinajstić information content (AvgIpc) is 3.10. The van der Waals surface area contributed by atoms with E-state index in [-0.39, 0.29) is 5.60 Å². The van der Waals surface area contributed by atoms with E-state index in [1.54, 1.807) is 0 Å². The van der Waals surface area contributed by atoms with Gasteiger partial charge in [0.1, 0.15) is 5.60 Å². The van der Waals surface area contributed by atoms with Crippen LogP contribution in [0.25, 0.3) is 0 Å². The number of thioether (sulfide) groups is 1. The molecule has 2 heterocycles. The van der Waals surface area contributed by atoms with Crippen LogP contribution in [0.3, 0.4) is 0 Å². The molecule has 1 aliphatic carbocycles. The van der Waals surface area contributed by atoms with E-state index in [2.05, 4.69) is 15.5 Å². The van der Waals surface area contributed by atoms with Crippen molar-refractivity contribution in [3.63, 3.8) is 0 Å². The Balaban J connectivity index is 1.68. The Morgan fingerprint density at radius 3 is 3.00 bits per heavy atom. The van der Waals surface area contributed by atoms with E-state index in [4.69, 9.17) is 9.26 Å². The predicted molar refractivity (Wildman–Crippen MR) is 78.9 cm³/mol. The maximum absolute atomic E-state index is 5.98. The fraction of sp³-hybridized carbons (Fsp3) is 0.857. The molecule has 0 aromatic carbocycles. The molecule has 6 heteroatoms. The summed E-state index contributed by atoms with van der Waals surface area (Å²) < 4.78 is 11.4. The second kappa shape index (κ2) is 6.45. The Kier molecular flexibility index (Phi) is 4.63. The molecule has 1 aromatic rings. The standard InChI is InChI=1S/C14H23N3O2S/c1-2-18-14(5-3-4-6-14)13-16-12(19-17-13)9-11-10-20-8-7-15-11/h11,15H,2-10H2,1H3. The summed E-state index contributed by atoms with van der Waals surface area (Å²) in [5.74, 6) is 3.81. The molecule has 112 valence electrons. The first-order chi connectivity index (χ1) is 9.82. The lowest BCUT2D eigenvalue weighted by molar-refractivity contribution is -0.0469. The Labute approximate surface area is 124 Å². The molecule has 1 saturated heterocycles. The quantitative estimate of drug-likeness (QED) is 0.898. The highest BCUT2D eigenvalue weighted by atomic mass is 32.2. The first kappa shape index (κ1) is 14.4. The highest BCUT2D eigenvalue weighted by Gasteiger charge is 2.40. The molecular formula is C14H23N3O2S. The van der Waals surface area contributed by atoms with E-state index in [9.17, 15) is 0 Å². The third-order valence-electron chi connectivity index (χ3n) is 4.13. The molecule has 3 rings (SSSR count). The summed E-state index contributed by atoms with van der Waals surface area (Å²) in [6.45, 7) is 3.80. The minimum atomic E-state index is -0.286. The molecule has 0 amide bonds. The van der Waals surface area contributed by atoms with E-state index in [1.165, 1.54) is 18.6 Å². The third-order valence-corrected chi connectivity index (χ3v) is 5.26. The summed E-state index contributed by atoms with van der Waals surface area (Å²) in [5, 5.41) is 7.71. The zero-order chi connectivity index (χ0) is 13.8. The van der Waals surface area contributed by atoms with Gasteiger partial charge >= 0.3 is 0 Å². The van der Waals surface area contributed by atoms with Crippen molar-refractivity contribution in [2.45, 2.75) is 50.7 Å². The Morgan fingerprint density at radius 1 is 1.45 bits per heavy atom. The Hall–Kier alpha value is -0.590.